The van der Waals surface area contributed by atoms with Crippen LogP contribution in [-0.2, 0) is 11.2 Å². The van der Waals surface area contributed by atoms with Crippen LogP contribution in [0.25, 0.3) is 0 Å². The fourth-order valence-corrected chi connectivity index (χ4v) is 3.29. The zero-order valence-electron chi connectivity index (χ0n) is 13.9. The zero-order chi connectivity index (χ0) is 16.4. The predicted molar refractivity (Wildman–Crippen MR) is 90.6 cm³/mol. The number of benzene rings is 1. The summed E-state index contributed by atoms with van der Waals surface area (Å²) in [6.07, 6.45) is 2.14. The summed E-state index contributed by atoms with van der Waals surface area (Å²) in [6.45, 7) is 6.57. The number of carbonyl (C=O) groups is 1. The van der Waals surface area contributed by atoms with E-state index in [0.717, 1.165) is 18.5 Å². The summed E-state index contributed by atoms with van der Waals surface area (Å²) in [6, 6.07) is 10.4. The van der Waals surface area contributed by atoms with Crippen molar-refractivity contribution in [1.29, 1.82) is 0 Å². The number of anilines is 2. The monoisotopic (exact) mass is 313 g/mol. The van der Waals surface area contributed by atoms with Gasteiger partial charge in [-0.15, -0.1) is 0 Å². The fraction of sp³-hybridized carbons (Fsp3) is 0.444. The van der Waals surface area contributed by atoms with Crippen molar-refractivity contribution in [2.24, 2.45) is 5.92 Å². The molecule has 1 N–H and O–H groups in total. The lowest BCUT2D eigenvalue weighted by molar-refractivity contribution is -0.115. The van der Waals surface area contributed by atoms with Gasteiger partial charge in [0.2, 0.25) is 11.8 Å². The molecule has 23 heavy (non-hydrogen) atoms. The number of rotatable bonds is 4. The molecule has 0 fully saturated rings. The van der Waals surface area contributed by atoms with Gasteiger partial charge in [-0.2, -0.15) is 0 Å². The average Bonchev–Trinajstić information content (AvgIpc) is 2.92. The topological polar surface area (TPSA) is 58.4 Å². The molecule has 1 aliphatic heterocycles. The molecule has 3 rings (SSSR count). The molecule has 1 atom stereocenters. The molecule has 0 aliphatic carbocycles. The third kappa shape index (κ3) is 3.38. The molecule has 0 radical (unpaired) electrons. The predicted octanol–water partition coefficient (Wildman–Crippen LogP) is 3.40. The Morgan fingerprint density at radius 2 is 2.22 bits per heavy atom. The quantitative estimate of drug-likeness (QED) is 0.940. The summed E-state index contributed by atoms with van der Waals surface area (Å²) < 4.78 is 5.07. The molecule has 5 nitrogen and oxygen atoms in total. The van der Waals surface area contributed by atoms with E-state index in [1.54, 1.807) is 6.07 Å². The van der Waals surface area contributed by atoms with Crippen LogP contribution in [-0.4, -0.2) is 23.7 Å². The van der Waals surface area contributed by atoms with Crippen molar-refractivity contribution in [1.82, 2.24) is 5.16 Å². The first-order valence-corrected chi connectivity index (χ1v) is 8.12. The van der Waals surface area contributed by atoms with E-state index < -0.39 is 0 Å². The Morgan fingerprint density at radius 1 is 1.43 bits per heavy atom. The van der Waals surface area contributed by atoms with Gasteiger partial charge in [-0.05, 0) is 37.3 Å². The molecule has 2 aromatic rings. The molecule has 0 unspecified atom stereocenters. The number of para-hydroxylation sites is 1. The van der Waals surface area contributed by atoms with Gasteiger partial charge < -0.3 is 9.42 Å². The van der Waals surface area contributed by atoms with Crippen molar-refractivity contribution in [3.63, 3.8) is 0 Å². The molecule has 0 spiro atoms. The second kappa shape index (κ2) is 6.44. The summed E-state index contributed by atoms with van der Waals surface area (Å²) in [5.74, 6) is 0.811. The lowest BCUT2D eigenvalue weighted by Gasteiger charge is -2.40. The maximum atomic E-state index is 12.4. The highest BCUT2D eigenvalue weighted by molar-refractivity contribution is 5.93. The number of fused-ring (bicyclic) bond motifs is 1. The summed E-state index contributed by atoms with van der Waals surface area (Å²) in [7, 11) is 0. The Hall–Kier alpha value is -2.30. The standard InChI is InChI=1S/C18H23N3O2/c1-12(2)15-9-8-14-6-4-5-7-16(14)21(15)11-17(22)19-18-10-13(3)20-23-18/h4-7,10,12,15H,8-9,11H2,1-3H3,(H,19,22)/t15-/m1/s1. The maximum absolute atomic E-state index is 12.4. The summed E-state index contributed by atoms with van der Waals surface area (Å²) >= 11 is 0. The van der Waals surface area contributed by atoms with Crippen LogP contribution in [0.4, 0.5) is 11.6 Å². The molecular formula is C18H23N3O2. The van der Waals surface area contributed by atoms with Gasteiger partial charge in [-0.1, -0.05) is 37.2 Å². The Morgan fingerprint density at radius 3 is 2.91 bits per heavy atom. The van der Waals surface area contributed by atoms with Crippen molar-refractivity contribution < 1.29 is 9.32 Å². The van der Waals surface area contributed by atoms with Crippen LogP contribution in [0.5, 0.6) is 0 Å². The van der Waals surface area contributed by atoms with Gasteiger partial charge in [0.25, 0.3) is 0 Å². The second-order valence-corrected chi connectivity index (χ2v) is 6.49. The molecule has 1 amide bonds. The Bertz CT molecular complexity index is 693. The Labute approximate surface area is 136 Å². The van der Waals surface area contributed by atoms with Crippen molar-refractivity contribution in [2.75, 3.05) is 16.8 Å². The molecule has 2 heterocycles. The average molecular weight is 313 g/mol. The molecule has 1 aromatic carbocycles. The molecule has 1 aliphatic rings. The van der Waals surface area contributed by atoms with E-state index in [4.69, 9.17) is 4.52 Å². The van der Waals surface area contributed by atoms with E-state index in [1.807, 2.05) is 13.0 Å². The first-order valence-electron chi connectivity index (χ1n) is 8.12. The molecular weight excluding hydrogens is 290 g/mol. The molecule has 0 bridgehead atoms. The largest absolute Gasteiger partial charge is 0.359 e. The Balaban J connectivity index is 1.79. The number of aryl methyl sites for hydroxylation is 2. The van der Waals surface area contributed by atoms with Crippen molar-refractivity contribution >= 4 is 17.5 Å². The van der Waals surface area contributed by atoms with Gasteiger partial charge in [0.05, 0.1) is 12.2 Å². The minimum atomic E-state index is -0.0801. The van der Waals surface area contributed by atoms with Crippen LogP contribution in [0.3, 0.4) is 0 Å². The van der Waals surface area contributed by atoms with Gasteiger partial charge in [-0.3, -0.25) is 10.1 Å². The highest BCUT2D eigenvalue weighted by atomic mass is 16.5. The smallest absolute Gasteiger partial charge is 0.246 e. The molecule has 122 valence electrons. The highest BCUT2D eigenvalue weighted by Gasteiger charge is 2.29. The van der Waals surface area contributed by atoms with E-state index in [9.17, 15) is 4.79 Å². The van der Waals surface area contributed by atoms with Gasteiger partial charge in [0.1, 0.15) is 0 Å². The van der Waals surface area contributed by atoms with E-state index >= 15 is 0 Å². The first-order chi connectivity index (χ1) is 11.0. The van der Waals surface area contributed by atoms with Crippen LogP contribution in [0.1, 0.15) is 31.5 Å². The van der Waals surface area contributed by atoms with E-state index in [1.165, 1.54) is 11.3 Å². The van der Waals surface area contributed by atoms with Crippen LogP contribution in [0, 0.1) is 12.8 Å². The van der Waals surface area contributed by atoms with Crippen LogP contribution < -0.4 is 10.2 Å². The van der Waals surface area contributed by atoms with E-state index in [0.29, 0.717) is 24.4 Å². The minimum Gasteiger partial charge on any atom is -0.359 e. The molecule has 0 saturated heterocycles. The summed E-state index contributed by atoms with van der Waals surface area (Å²) in [5.41, 5.74) is 3.23. The highest BCUT2D eigenvalue weighted by Crippen LogP contribution is 2.33. The van der Waals surface area contributed by atoms with Gasteiger partial charge in [0, 0.05) is 17.8 Å². The van der Waals surface area contributed by atoms with E-state index in [-0.39, 0.29) is 5.91 Å². The minimum absolute atomic E-state index is 0.0801. The number of hydrogen-bond donors (Lipinski definition) is 1. The third-order valence-corrected chi connectivity index (χ3v) is 4.38. The SMILES string of the molecule is Cc1cc(NC(=O)CN2c3ccccc3CC[C@@H]2C(C)C)on1. The number of aromatic nitrogens is 1. The third-order valence-electron chi connectivity index (χ3n) is 4.38. The lowest BCUT2D eigenvalue weighted by atomic mass is 9.89. The van der Waals surface area contributed by atoms with Crippen LogP contribution in [0.15, 0.2) is 34.9 Å². The van der Waals surface area contributed by atoms with Gasteiger partial charge >= 0.3 is 0 Å². The second-order valence-electron chi connectivity index (χ2n) is 6.49. The van der Waals surface area contributed by atoms with E-state index in [2.05, 4.69) is 47.4 Å². The number of nitrogens with one attached hydrogen (secondary N) is 1. The zero-order valence-corrected chi connectivity index (χ0v) is 13.9. The number of carbonyl (C=O) groups excluding carboxylic acids is 1. The van der Waals surface area contributed by atoms with Gasteiger partial charge in [-0.25, -0.2) is 0 Å². The normalized spacial score (nSPS) is 17.2. The van der Waals surface area contributed by atoms with Crippen LogP contribution in [0.2, 0.25) is 0 Å². The maximum Gasteiger partial charge on any atom is 0.246 e. The summed E-state index contributed by atoms with van der Waals surface area (Å²) in [4.78, 5) is 14.7. The first kappa shape index (κ1) is 15.6. The number of hydrogen-bond acceptors (Lipinski definition) is 4. The fourth-order valence-electron chi connectivity index (χ4n) is 3.29. The molecule has 0 saturated carbocycles. The van der Waals surface area contributed by atoms with Crippen molar-refractivity contribution in [3.8, 4) is 0 Å². The lowest BCUT2D eigenvalue weighted by Crippen LogP contribution is -2.46. The summed E-state index contributed by atoms with van der Waals surface area (Å²) in [5, 5.41) is 6.58. The number of nitrogens with zero attached hydrogens (tertiary/aromatic N) is 2. The van der Waals surface area contributed by atoms with Crippen LogP contribution >= 0.6 is 0 Å². The Kier molecular flexibility index (Phi) is 4.37. The molecule has 5 heteroatoms. The van der Waals surface area contributed by atoms with Crippen molar-refractivity contribution in [3.05, 3.63) is 41.6 Å². The van der Waals surface area contributed by atoms with Gasteiger partial charge in [0.15, 0.2) is 0 Å². The molecule has 1 aromatic heterocycles. The van der Waals surface area contributed by atoms with Crippen molar-refractivity contribution in [2.45, 2.75) is 39.7 Å². The number of amides is 1.